The summed E-state index contributed by atoms with van der Waals surface area (Å²) in [5.74, 6) is 0.494. The molecule has 7 heteroatoms. The summed E-state index contributed by atoms with van der Waals surface area (Å²) in [6.45, 7) is 1.98. The number of aromatic nitrogens is 3. The van der Waals surface area contributed by atoms with E-state index in [1.807, 2.05) is 0 Å². The van der Waals surface area contributed by atoms with Crippen molar-refractivity contribution in [1.29, 1.82) is 0 Å². The van der Waals surface area contributed by atoms with Gasteiger partial charge in [0.25, 0.3) is 5.91 Å². The van der Waals surface area contributed by atoms with E-state index in [0.29, 0.717) is 11.6 Å². The molecule has 1 N–H and O–H groups in total. The molecule has 1 aliphatic rings. The van der Waals surface area contributed by atoms with E-state index in [1.54, 1.807) is 12.4 Å². The third-order valence-electron chi connectivity index (χ3n) is 2.95. The van der Waals surface area contributed by atoms with Crippen LogP contribution < -0.4 is 10.2 Å². The largest absolute Gasteiger partial charge is 0.351 e. The lowest BCUT2D eigenvalue weighted by Gasteiger charge is -2.14. The molecule has 1 aliphatic heterocycles. The maximum Gasteiger partial charge on any atom is 0.294 e. The quantitative estimate of drug-likeness (QED) is 0.894. The minimum Gasteiger partial charge on any atom is -0.351 e. The molecule has 2 aromatic rings. The highest BCUT2D eigenvalue weighted by Gasteiger charge is 2.15. The van der Waals surface area contributed by atoms with Crippen molar-refractivity contribution in [3.05, 3.63) is 30.4 Å². The smallest absolute Gasteiger partial charge is 0.294 e. The van der Waals surface area contributed by atoms with Gasteiger partial charge in [0.15, 0.2) is 0 Å². The van der Waals surface area contributed by atoms with Crippen LogP contribution in [0.2, 0.25) is 0 Å². The van der Waals surface area contributed by atoms with Gasteiger partial charge in [-0.2, -0.15) is 0 Å². The second-order valence-corrected chi connectivity index (χ2v) is 4.30. The summed E-state index contributed by atoms with van der Waals surface area (Å²) in [5.41, 5.74) is 0.532. The first-order valence-electron chi connectivity index (χ1n) is 6.12. The van der Waals surface area contributed by atoms with E-state index in [2.05, 4.69) is 25.3 Å². The molecular formula is C12H13N5O2. The highest BCUT2D eigenvalue weighted by molar-refractivity contribution is 6.01. The fraction of sp³-hybridized carbons (Fsp3) is 0.333. The lowest BCUT2D eigenvalue weighted by molar-refractivity contribution is 0.0988. The van der Waals surface area contributed by atoms with Crippen LogP contribution in [-0.4, -0.2) is 34.1 Å². The van der Waals surface area contributed by atoms with E-state index in [-0.39, 0.29) is 11.7 Å². The number of nitrogens with zero attached hydrogens (tertiary/aromatic N) is 4. The Morgan fingerprint density at radius 3 is 2.63 bits per heavy atom. The minimum absolute atomic E-state index is 0.156. The van der Waals surface area contributed by atoms with Crippen LogP contribution in [0, 0.1) is 0 Å². The Labute approximate surface area is 109 Å². The highest BCUT2D eigenvalue weighted by atomic mass is 16.5. The van der Waals surface area contributed by atoms with E-state index in [1.165, 1.54) is 25.1 Å². The van der Waals surface area contributed by atoms with Crippen molar-refractivity contribution in [1.82, 2.24) is 15.1 Å². The van der Waals surface area contributed by atoms with Crippen LogP contribution in [0.25, 0.3) is 0 Å². The van der Waals surface area contributed by atoms with E-state index >= 15 is 0 Å². The number of rotatable bonds is 3. The molecular weight excluding hydrogens is 246 g/mol. The van der Waals surface area contributed by atoms with Crippen LogP contribution in [0.3, 0.4) is 0 Å². The predicted molar refractivity (Wildman–Crippen MR) is 67.9 cm³/mol. The average molecular weight is 259 g/mol. The number of anilines is 2. The number of carbonyl (C=O) groups is 1. The van der Waals surface area contributed by atoms with Gasteiger partial charge in [-0.05, 0) is 12.8 Å². The molecule has 98 valence electrons. The molecule has 1 saturated heterocycles. The van der Waals surface area contributed by atoms with Crippen molar-refractivity contribution in [2.75, 3.05) is 23.3 Å². The first kappa shape index (κ1) is 11.6. The number of carbonyl (C=O) groups excluding carboxylic acids is 1. The van der Waals surface area contributed by atoms with Crippen LogP contribution in [0.5, 0.6) is 0 Å². The molecule has 0 bridgehead atoms. The monoisotopic (exact) mass is 259 g/mol. The number of nitrogens with one attached hydrogen (secondary N) is 1. The van der Waals surface area contributed by atoms with Crippen molar-refractivity contribution in [2.24, 2.45) is 0 Å². The van der Waals surface area contributed by atoms with Gasteiger partial charge in [0.1, 0.15) is 0 Å². The molecule has 19 heavy (non-hydrogen) atoms. The maximum atomic E-state index is 11.7. The Morgan fingerprint density at radius 2 is 2.00 bits per heavy atom. The summed E-state index contributed by atoms with van der Waals surface area (Å²) in [6, 6.07) is 1.49. The van der Waals surface area contributed by atoms with Crippen LogP contribution in [-0.2, 0) is 0 Å². The van der Waals surface area contributed by atoms with Crippen molar-refractivity contribution >= 4 is 17.5 Å². The lowest BCUT2D eigenvalue weighted by atomic mass is 10.4. The number of hydrogen-bond donors (Lipinski definition) is 1. The van der Waals surface area contributed by atoms with Crippen LogP contribution in [0.1, 0.15) is 23.4 Å². The predicted octanol–water partition coefficient (Wildman–Crippen LogP) is 1.32. The molecule has 1 fully saturated rings. The van der Waals surface area contributed by atoms with Gasteiger partial charge in [0.05, 0.1) is 24.3 Å². The summed E-state index contributed by atoms with van der Waals surface area (Å²) in [5, 5.41) is 6.12. The number of amides is 1. The van der Waals surface area contributed by atoms with E-state index in [0.717, 1.165) is 13.1 Å². The molecule has 0 radical (unpaired) electrons. The molecule has 1 amide bonds. The zero-order chi connectivity index (χ0) is 13.1. The third kappa shape index (κ3) is 2.54. The topological polar surface area (TPSA) is 84.2 Å². The molecule has 0 atom stereocenters. The van der Waals surface area contributed by atoms with E-state index < -0.39 is 0 Å². The Morgan fingerprint density at radius 1 is 1.26 bits per heavy atom. The SMILES string of the molecule is O=C(Nc1cnc(N2CCCC2)nc1)c1ccno1. The van der Waals surface area contributed by atoms with Gasteiger partial charge < -0.3 is 14.7 Å². The summed E-state index contributed by atoms with van der Waals surface area (Å²) in [6.07, 6.45) is 6.95. The number of hydrogen-bond acceptors (Lipinski definition) is 6. The van der Waals surface area contributed by atoms with Gasteiger partial charge >= 0.3 is 0 Å². The minimum atomic E-state index is -0.366. The van der Waals surface area contributed by atoms with Gasteiger partial charge in [-0.1, -0.05) is 5.16 Å². The maximum absolute atomic E-state index is 11.7. The van der Waals surface area contributed by atoms with E-state index in [4.69, 9.17) is 4.52 Å². The van der Waals surface area contributed by atoms with Crippen LogP contribution >= 0.6 is 0 Å². The first-order valence-corrected chi connectivity index (χ1v) is 6.12. The zero-order valence-corrected chi connectivity index (χ0v) is 10.2. The van der Waals surface area contributed by atoms with Crippen molar-refractivity contribution in [3.8, 4) is 0 Å². The van der Waals surface area contributed by atoms with Crippen molar-refractivity contribution in [2.45, 2.75) is 12.8 Å². The fourth-order valence-corrected chi connectivity index (χ4v) is 1.99. The molecule has 0 unspecified atom stereocenters. The Bertz CT molecular complexity index is 546. The average Bonchev–Trinajstić information content (AvgIpc) is 3.13. The van der Waals surface area contributed by atoms with Crippen LogP contribution in [0.15, 0.2) is 29.2 Å². The molecule has 3 heterocycles. The standard InChI is InChI=1S/C12H13N5O2/c18-11(10-3-4-15-19-10)16-9-7-13-12(14-8-9)17-5-1-2-6-17/h3-4,7-8H,1-2,5-6H2,(H,16,18). The van der Waals surface area contributed by atoms with Gasteiger partial charge in [0.2, 0.25) is 11.7 Å². The highest BCUT2D eigenvalue weighted by Crippen LogP contribution is 2.16. The van der Waals surface area contributed by atoms with Crippen LogP contribution in [0.4, 0.5) is 11.6 Å². The van der Waals surface area contributed by atoms with Crippen molar-refractivity contribution < 1.29 is 9.32 Å². The molecule has 0 aromatic carbocycles. The summed E-state index contributed by atoms with van der Waals surface area (Å²) >= 11 is 0. The zero-order valence-electron chi connectivity index (χ0n) is 10.2. The lowest BCUT2D eigenvalue weighted by Crippen LogP contribution is -2.20. The Kier molecular flexibility index (Phi) is 3.09. The molecule has 3 rings (SSSR count). The first-order chi connectivity index (χ1) is 9.33. The van der Waals surface area contributed by atoms with Gasteiger partial charge in [-0.3, -0.25) is 4.79 Å². The fourth-order valence-electron chi connectivity index (χ4n) is 1.99. The second-order valence-electron chi connectivity index (χ2n) is 4.30. The van der Waals surface area contributed by atoms with Gasteiger partial charge in [0, 0.05) is 19.2 Å². The second kappa shape index (κ2) is 5.05. The Balaban J connectivity index is 1.67. The molecule has 0 aliphatic carbocycles. The molecule has 0 saturated carbocycles. The summed E-state index contributed by atoms with van der Waals surface area (Å²) in [7, 11) is 0. The molecule has 0 spiro atoms. The molecule has 2 aromatic heterocycles. The van der Waals surface area contributed by atoms with Crippen molar-refractivity contribution in [3.63, 3.8) is 0 Å². The van der Waals surface area contributed by atoms with Gasteiger partial charge in [-0.15, -0.1) is 0 Å². The normalized spacial score (nSPS) is 14.6. The van der Waals surface area contributed by atoms with Gasteiger partial charge in [-0.25, -0.2) is 9.97 Å². The summed E-state index contributed by atoms with van der Waals surface area (Å²) in [4.78, 5) is 22.3. The summed E-state index contributed by atoms with van der Waals surface area (Å²) < 4.78 is 4.76. The van der Waals surface area contributed by atoms with E-state index in [9.17, 15) is 4.79 Å². The molecule has 7 nitrogen and oxygen atoms in total. The third-order valence-corrected chi connectivity index (χ3v) is 2.95. The Hall–Kier alpha value is -2.44.